The van der Waals surface area contributed by atoms with Gasteiger partial charge in [0, 0.05) is 18.3 Å². The van der Waals surface area contributed by atoms with Crippen LogP contribution in [0.2, 0.25) is 0 Å². The standard InChI is InChI=1S/C20H18N4O3S/c1-14-7-9-15(10-8-14)12-22-28(25,26)17-11-18(21-13-17)20-24-23-19(27-20)16-5-3-2-4-6-16/h2-11,13,21-22H,12H2,1H3. The van der Waals surface area contributed by atoms with Crippen molar-refractivity contribution in [2.45, 2.75) is 18.4 Å². The number of aromatic nitrogens is 3. The van der Waals surface area contributed by atoms with Crippen LogP contribution in [0.4, 0.5) is 0 Å². The van der Waals surface area contributed by atoms with Crippen LogP contribution in [0.5, 0.6) is 0 Å². The first-order chi connectivity index (χ1) is 13.5. The van der Waals surface area contributed by atoms with Gasteiger partial charge in [-0.2, -0.15) is 0 Å². The van der Waals surface area contributed by atoms with Gasteiger partial charge in [-0.05, 0) is 30.7 Å². The molecule has 0 aliphatic carbocycles. The average Bonchev–Trinajstić information content (AvgIpc) is 3.38. The molecular weight excluding hydrogens is 376 g/mol. The molecule has 2 aromatic heterocycles. The van der Waals surface area contributed by atoms with Gasteiger partial charge in [-0.3, -0.25) is 0 Å². The van der Waals surface area contributed by atoms with Crippen molar-refractivity contribution in [2.24, 2.45) is 0 Å². The highest BCUT2D eigenvalue weighted by Gasteiger charge is 2.19. The van der Waals surface area contributed by atoms with Crippen LogP contribution in [-0.2, 0) is 16.6 Å². The number of aromatic amines is 1. The zero-order valence-corrected chi connectivity index (χ0v) is 15.9. The summed E-state index contributed by atoms with van der Waals surface area (Å²) in [6.07, 6.45) is 1.40. The quantitative estimate of drug-likeness (QED) is 0.521. The molecule has 2 aromatic carbocycles. The largest absolute Gasteiger partial charge is 0.415 e. The van der Waals surface area contributed by atoms with Gasteiger partial charge in [-0.15, -0.1) is 10.2 Å². The average molecular weight is 394 g/mol. The fraction of sp³-hybridized carbons (Fsp3) is 0.100. The fourth-order valence-corrected chi connectivity index (χ4v) is 3.66. The van der Waals surface area contributed by atoms with Crippen LogP contribution in [0.3, 0.4) is 0 Å². The summed E-state index contributed by atoms with van der Waals surface area (Å²) in [4.78, 5) is 2.99. The third-order valence-electron chi connectivity index (χ3n) is 4.23. The number of H-pyrrole nitrogens is 1. The lowest BCUT2D eigenvalue weighted by atomic mass is 10.2. The van der Waals surface area contributed by atoms with E-state index in [2.05, 4.69) is 19.9 Å². The van der Waals surface area contributed by atoms with Gasteiger partial charge in [0.15, 0.2) is 0 Å². The first-order valence-corrected chi connectivity index (χ1v) is 10.1. The van der Waals surface area contributed by atoms with Gasteiger partial charge in [-0.1, -0.05) is 48.0 Å². The summed E-state index contributed by atoms with van der Waals surface area (Å²) >= 11 is 0. The van der Waals surface area contributed by atoms with Crippen LogP contribution in [-0.4, -0.2) is 23.6 Å². The van der Waals surface area contributed by atoms with Crippen LogP contribution in [0, 0.1) is 6.92 Å². The van der Waals surface area contributed by atoms with Gasteiger partial charge in [0.05, 0.1) is 0 Å². The molecule has 0 fully saturated rings. The van der Waals surface area contributed by atoms with Crippen LogP contribution in [0.15, 0.2) is 76.2 Å². The van der Waals surface area contributed by atoms with Crippen molar-refractivity contribution in [2.75, 3.05) is 0 Å². The van der Waals surface area contributed by atoms with E-state index in [9.17, 15) is 8.42 Å². The number of sulfonamides is 1. The van der Waals surface area contributed by atoms with Gasteiger partial charge in [-0.25, -0.2) is 13.1 Å². The lowest BCUT2D eigenvalue weighted by Crippen LogP contribution is -2.22. The summed E-state index contributed by atoms with van der Waals surface area (Å²) in [7, 11) is -3.67. The van der Waals surface area contributed by atoms with E-state index in [1.165, 1.54) is 12.3 Å². The molecule has 7 nitrogen and oxygen atoms in total. The Morgan fingerprint density at radius 3 is 2.46 bits per heavy atom. The van der Waals surface area contributed by atoms with Gasteiger partial charge >= 0.3 is 0 Å². The Balaban J connectivity index is 1.50. The van der Waals surface area contributed by atoms with Crippen molar-refractivity contribution < 1.29 is 12.8 Å². The second-order valence-corrected chi connectivity index (χ2v) is 8.10. The maximum atomic E-state index is 12.5. The van der Waals surface area contributed by atoms with E-state index in [4.69, 9.17) is 4.42 Å². The Hall–Kier alpha value is -3.23. The van der Waals surface area contributed by atoms with Gasteiger partial charge in [0.25, 0.3) is 5.89 Å². The van der Waals surface area contributed by atoms with Crippen LogP contribution < -0.4 is 4.72 Å². The molecule has 0 saturated carbocycles. The molecule has 4 rings (SSSR count). The molecule has 28 heavy (non-hydrogen) atoms. The maximum absolute atomic E-state index is 12.5. The molecule has 2 N–H and O–H groups in total. The summed E-state index contributed by atoms with van der Waals surface area (Å²) < 4.78 is 33.3. The summed E-state index contributed by atoms with van der Waals surface area (Å²) in [5.74, 6) is 0.589. The predicted molar refractivity (Wildman–Crippen MR) is 105 cm³/mol. The van der Waals surface area contributed by atoms with Crippen LogP contribution in [0.1, 0.15) is 11.1 Å². The van der Waals surface area contributed by atoms with Crippen molar-refractivity contribution >= 4 is 10.0 Å². The third kappa shape index (κ3) is 3.88. The molecule has 8 heteroatoms. The number of hydrogen-bond acceptors (Lipinski definition) is 5. The number of nitrogens with zero attached hydrogens (tertiary/aromatic N) is 2. The zero-order valence-electron chi connectivity index (χ0n) is 15.1. The summed E-state index contributed by atoms with van der Waals surface area (Å²) in [5.41, 5.74) is 3.23. The van der Waals surface area contributed by atoms with E-state index < -0.39 is 10.0 Å². The van der Waals surface area contributed by atoms with Gasteiger partial charge in [0.2, 0.25) is 15.9 Å². The Bertz CT molecular complexity index is 1180. The monoisotopic (exact) mass is 394 g/mol. The fourth-order valence-electron chi connectivity index (χ4n) is 2.65. The summed E-state index contributed by atoms with van der Waals surface area (Å²) in [6, 6.07) is 18.5. The number of benzene rings is 2. The Kier molecular flexibility index (Phi) is 4.81. The smallest absolute Gasteiger partial charge is 0.264 e. The number of nitrogens with one attached hydrogen (secondary N) is 2. The Morgan fingerprint density at radius 1 is 1.00 bits per heavy atom. The van der Waals surface area contributed by atoms with Crippen molar-refractivity contribution in [3.63, 3.8) is 0 Å². The Labute approximate surface area is 162 Å². The van der Waals surface area contributed by atoms with Gasteiger partial charge in [0.1, 0.15) is 10.6 Å². The molecule has 4 aromatic rings. The van der Waals surface area contributed by atoms with Crippen molar-refractivity contribution in [3.8, 4) is 23.0 Å². The molecule has 2 heterocycles. The number of rotatable bonds is 6. The third-order valence-corrected chi connectivity index (χ3v) is 5.61. The van der Waals surface area contributed by atoms with E-state index in [0.717, 1.165) is 16.7 Å². The lowest BCUT2D eigenvalue weighted by Gasteiger charge is -2.05. The zero-order chi connectivity index (χ0) is 19.6. The first-order valence-electron chi connectivity index (χ1n) is 8.64. The molecule has 142 valence electrons. The molecule has 0 saturated heterocycles. The van der Waals surface area contributed by atoms with Crippen molar-refractivity contribution in [3.05, 3.63) is 78.0 Å². The molecule has 0 amide bonds. The van der Waals surface area contributed by atoms with Crippen molar-refractivity contribution in [1.82, 2.24) is 19.9 Å². The van der Waals surface area contributed by atoms with E-state index in [1.54, 1.807) is 0 Å². The van der Waals surface area contributed by atoms with Crippen molar-refractivity contribution in [1.29, 1.82) is 0 Å². The minimum atomic E-state index is -3.67. The van der Waals surface area contributed by atoms with Crippen LogP contribution >= 0.6 is 0 Å². The minimum Gasteiger partial charge on any atom is -0.415 e. The van der Waals surface area contributed by atoms with Gasteiger partial charge < -0.3 is 9.40 Å². The highest BCUT2D eigenvalue weighted by molar-refractivity contribution is 7.89. The number of aryl methyl sites for hydroxylation is 1. The second kappa shape index (κ2) is 7.41. The normalized spacial score (nSPS) is 11.6. The highest BCUT2D eigenvalue weighted by atomic mass is 32.2. The molecule has 0 atom stereocenters. The molecule has 0 aliphatic rings. The van der Waals surface area contributed by atoms with E-state index in [1.807, 2.05) is 61.5 Å². The Morgan fingerprint density at radius 2 is 1.71 bits per heavy atom. The molecule has 0 bridgehead atoms. The van der Waals surface area contributed by atoms with E-state index >= 15 is 0 Å². The molecule has 0 aliphatic heterocycles. The summed E-state index contributed by atoms with van der Waals surface area (Å²) in [6.45, 7) is 2.19. The predicted octanol–water partition coefficient (Wildman–Crippen LogP) is 3.52. The minimum absolute atomic E-state index is 0.106. The highest BCUT2D eigenvalue weighted by Crippen LogP contribution is 2.24. The van der Waals surface area contributed by atoms with E-state index in [0.29, 0.717) is 11.6 Å². The lowest BCUT2D eigenvalue weighted by molar-refractivity contribution is 0.581. The van der Waals surface area contributed by atoms with Crippen LogP contribution in [0.25, 0.3) is 23.0 Å². The molecular formula is C20H18N4O3S. The second-order valence-electron chi connectivity index (χ2n) is 6.34. The molecule has 0 radical (unpaired) electrons. The van der Waals surface area contributed by atoms with E-state index in [-0.39, 0.29) is 17.3 Å². The maximum Gasteiger partial charge on any atom is 0.264 e. The first kappa shape index (κ1) is 18.1. The molecule has 0 unspecified atom stereocenters. The molecule has 0 spiro atoms. The number of hydrogen-bond donors (Lipinski definition) is 2. The topological polar surface area (TPSA) is 101 Å². The summed E-state index contributed by atoms with van der Waals surface area (Å²) in [5, 5.41) is 8.01. The SMILES string of the molecule is Cc1ccc(CNS(=O)(=O)c2c[nH]c(-c3nnc(-c4ccccc4)o3)c2)cc1.